The van der Waals surface area contributed by atoms with Gasteiger partial charge in [0, 0.05) is 0 Å². The van der Waals surface area contributed by atoms with Crippen LogP contribution in [0.15, 0.2) is 18.2 Å². The summed E-state index contributed by atoms with van der Waals surface area (Å²) in [5, 5.41) is 0. The molecule has 0 unspecified atom stereocenters. The molecule has 1 heterocycles. The number of benzene rings is 1. The Balaban J connectivity index is 2.33. The van der Waals surface area contributed by atoms with E-state index in [4.69, 9.17) is 9.31 Å². The summed E-state index contributed by atoms with van der Waals surface area (Å²) in [6.07, 6.45) is 0. The van der Waals surface area contributed by atoms with E-state index < -0.39 is 36.7 Å². The van der Waals surface area contributed by atoms with Crippen LogP contribution in [0.3, 0.4) is 0 Å². The molecule has 5 heteroatoms. The van der Waals surface area contributed by atoms with Crippen LogP contribution in [0.2, 0.25) is 14.8 Å². The molecule has 0 atom stereocenters. The topological polar surface area (TPSA) is 18.5 Å². The molecule has 0 bridgehead atoms. The number of hydrogen-bond donors (Lipinski definition) is 0. The molecule has 2 nitrogen and oxygen atoms in total. The van der Waals surface area contributed by atoms with Gasteiger partial charge in [0.15, 0.2) is 0 Å². The van der Waals surface area contributed by atoms with Gasteiger partial charge < -0.3 is 0 Å². The van der Waals surface area contributed by atoms with E-state index in [0.29, 0.717) is 5.46 Å². The molecule has 1 saturated heterocycles. The first-order valence-electron chi connectivity index (χ1n) is 7.10. The van der Waals surface area contributed by atoms with Crippen LogP contribution in [0.4, 0.5) is 4.39 Å². The van der Waals surface area contributed by atoms with Crippen LogP contribution in [0.1, 0.15) is 27.7 Å². The molecule has 0 spiro atoms. The average Bonchev–Trinajstić information content (AvgIpc) is 2.46. The SMILES string of the molecule is CC1(C)OB(c2cc[c]([Sn]([CH3])([CH3])[CH3])cc2F)OC1(C)C. The van der Waals surface area contributed by atoms with Crippen molar-refractivity contribution in [2.75, 3.05) is 0 Å². The Bertz CT molecular complexity index is 507. The molecule has 1 fully saturated rings. The predicted octanol–water partition coefficient (Wildman–Crippen LogP) is 2.67. The van der Waals surface area contributed by atoms with Crippen LogP contribution in [-0.2, 0) is 9.31 Å². The summed E-state index contributed by atoms with van der Waals surface area (Å²) in [4.78, 5) is 6.83. The van der Waals surface area contributed by atoms with Gasteiger partial charge in [0.05, 0.1) is 0 Å². The molecule has 0 radical (unpaired) electrons. The Morgan fingerprint density at radius 3 is 1.90 bits per heavy atom. The summed E-state index contributed by atoms with van der Waals surface area (Å²) in [6.45, 7) is 7.91. The van der Waals surface area contributed by atoms with Gasteiger partial charge in [0.25, 0.3) is 0 Å². The molecule has 0 saturated carbocycles. The van der Waals surface area contributed by atoms with Gasteiger partial charge in [-0.3, -0.25) is 0 Å². The van der Waals surface area contributed by atoms with E-state index in [-0.39, 0.29) is 5.82 Å². The number of rotatable bonds is 2. The zero-order valence-corrected chi connectivity index (χ0v) is 16.4. The van der Waals surface area contributed by atoms with Crippen molar-refractivity contribution >= 4 is 34.5 Å². The van der Waals surface area contributed by atoms with Gasteiger partial charge in [0.1, 0.15) is 0 Å². The molecule has 0 aliphatic carbocycles. The van der Waals surface area contributed by atoms with Gasteiger partial charge >= 0.3 is 126 Å². The van der Waals surface area contributed by atoms with E-state index in [1.165, 1.54) is 3.58 Å². The van der Waals surface area contributed by atoms with E-state index in [1.807, 2.05) is 39.8 Å². The first-order chi connectivity index (χ1) is 8.94. The predicted molar refractivity (Wildman–Crippen MR) is 85.1 cm³/mol. The molecule has 1 aliphatic rings. The molecule has 0 amide bonds. The molecule has 1 aliphatic heterocycles. The van der Waals surface area contributed by atoms with Gasteiger partial charge in [-0.25, -0.2) is 0 Å². The second-order valence-corrected chi connectivity index (χ2v) is 22.1. The molecular weight excluding hydrogens is 361 g/mol. The van der Waals surface area contributed by atoms with Crippen LogP contribution in [0.5, 0.6) is 0 Å². The quantitative estimate of drug-likeness (QED) is 0.730. The van der Waals surface area contributed by atoms with Crippen molar-refractivity contribution < 1.29 is 13.7 Å². The number of halogens is 1. The van der Waals surface area contributed by atoms with Gasteiger partial charge in [-0.2, -0.15) is 0 Å². The molecule has 0 N–H and O–H groups in total. The molecular formula is C15H24BFO2Sn. The summed E-state index contributed by atoms with van der Waals surface area (Å²) in [6, 6.07) is 5.55. The van der Waals surface area contributed by atoms with E-state index in [9.17, 15) is 4.39 Å². The molecule has 1 aromatic carbocycles. The van der Waals surface area contributed by atoms with Gasteiger partial charge in [-0.15, -0.1) is 0 Å². The van der Waals surface area contributed by atoms with Crippen molar-refractivity contribution in [2.45, 2.75) is 53.7 Å². The molecule has 0 aromatic heterocycles. The first-order valence-corrected chi connectivity index (χ1v) is 17.1. The van der Waals surface area contributed by atoms with Crippen molar-refractivity contribution in [1.29, 1.82) is 0 Å². The van der Waals surface area contributed by atoms with Crippen LogP contribution in [-0.4, -0.2) is 36.7 Å². The maximum absolute atomic E-state index is 14.4. The monoisotopic (exact) mass is 386 g/mol. The second-order valence-electron chi connectivity index (χ2n) is 7.57. The van der Waals surface area contributed by atoms with E-state index in [2.05, 4.69) is 14.8 Å². The minimum atomic E-state index is -2.24. The van der Waals surface area contributed by atoms with Crippen molar-refractivity contribution in [3.05, 3.63) is 24.0 Å². The maximum atomic E-state index is 14.4. The summed E-state index contributed by atoms with van der Waals surface area (Å²) < 4.78 is 27.4. The van der Waals surface area contributed by atoms with Gasteiger partial charge in [-0.1, -0.05) is 0 Å². The third-order valence-corrected chi connectivity index (χ3v) is 10.2. The van der Waals surface area contributed by atoms with Gasteiger partial charge in [0.2, 0.25) is 0 Å². The Kier molecular flexibility index (Phi) is 4.07. The van der Waals surface area contributed by atoms with Crippen molar-refractivity contribution in [2.24, 2.45) is 0 Å². The molecule has 20 heavy (non-hydrogen) atoms. The zero-order chi connectivity index (χ0) is 15.3. The number of hydrogen-bond acceptors (Lipinski definition) is 2. The van der Waals surface area contributed by atoms with Crippen molar-refractivity contribution in [3.63, 3.8) is 0 Å². The molecule has 110 valence electrons. The van der Waals surface area contributed by atoms with Crippen LogP contribution in [0.25, 0.3) is 0 Å². The van der Waals surface area contributed by atoms with Crippen LogP contribution in [0, 0.1) is 5.82 Å². The average molecular weight is 385 g/mol. The Morgan fingerprint density at radius 2 is 1.50 bits per heavy atom. The van der Waals surface area contributed by atoms with Crippen molar-refractivity contribution in [1.82, 2.24) is 0 Å². The van der Waals surface area contributed by atoms with Crippen LogP contribution < -0.4 is 9.04 Å². The normalized spacial score (nSPS) is 21.3. The van der Waals surface area contributed by atoms with Crippen LogP contribution >= 0.6 is 0 Å². The fourth-order valence-electron chi connectivity index (χ4n) is 2.15. The zero-order valence-electron chi connectivity index (χ0n) is 13.5. The third-order valence-electron chi connectivity index (χ3n) is 4.37. The third kappa shape index (κ3) is 2.92. The Morgan fingerprint density at radius 1 is 1.00 bits per heavy atom. The second kappa shape index (κ2) is 4.99. The Labute approximate surface area is 126 Å². The van der Waals surface area contributed by atoms with E-state index in [1.54, 1.807) is 6.07 Å². The fourth-order valence-corrected chi connectivity index (χ4v) is 5.42. The fraction of sp³-hybridized carbons (Fsp3) is 0.600. The van der Waals surface area contributed by atoms with Crippen molar-refractivity contribution in [3.8, 4) is 0 Å². The summed E-state index contributed by atoms with van der Waals surface area (Å²) >= 11 is -2.24. The molecule has 2 rings (SSSR count). The Hall–Kier alpha value is -0.0664. The minimum absolute atomic E-state index is 0.215. The van der Waals surface area contributed by atoms with Gasteiger partial charge in [-0.05, 0) is 0 Å². The first kappa shape index (κ1) is 16.3. The van der Waals surface area contributed by atoms with E-state index in [0.717, 1.165) is 0 Å². The molecule has 1 aromatic rings. The standard InChI is InChI=1S/C12H15BFO2.3CH3.Sn/c1-11(2)12(3,4)16-13(15-11)9-7-5-6-8-10(9)14;;;;/h5,7-8H,1-4H3;3*1H3;. The summed E-state index contributed by atoms with van der Waals surface area (Å²) in [5.41, 5.74) is -0.374. The summed E-state index contributed by atoms with van der Waals surface area (Å²) in [5.74, 6) is -0.215. The summed E-state index contributed by atoms with van der Waals surface area (Å²) in [7, 11) is -0.621. The van der Waals surface area contributed by atoms with E-state index >= 15 is 0 Å².